The van der Waals surface area contributed by atoms with Crippen molar-refractivity contribution in [1.29, 1.82) is 0 Å². The van der Waals surface area contributed by atoms with Crippen LogP contribution in [0.2, 0.25) is 0 Å². The van der Waals surface area contributed by atoms with Crippen LogP contribution in [0.5, 0.6) is 0 Å². The normalized spacial score (nSPS) is 24.7. The third-order valence-corrected chi connectivity index (χ3v) is 4.38. The van der Waals surface area contributed by atoms with Gasteiger partial charge in [-0.25, -0.2) is 9.59 Å². The number of carbonyl (C=O) groups is 2. The highest BCUT2D eigenvalue weighted by Crippen LogP contribution is 2.35. The molecule has 0 radical (unpaired) electrons. The van der Waals surface area contributed by atoms with Crippen LogP contribution in [-0.2, 0) is 0 Å². The van der Waals surface area contributed by atoms with Crippen molar-refractivity contribution >= 4 is 12.1 Å². The summed E-state index contributed by atoms with van der Waals surface area (Å²) < 4.78 is 0. The van der Waals surface area contributed by atoms with Crippen LogP contribution in [0.3, 0.4) is 0 Å². The van der Waals surface area contributed by atoms with Crippen molar-refractivity contribution in [3.05, 3.63) is 0 Å². The highest BCUT2D eigenvalue weighted by atomic mass is 16.2. The van der Waals surface area contributed by atoms with Gasteiger partial charge in [-0.1, -0.05) is 27.7 Å². The lowest BCUT2D eigenvalue weighted by Crippen LogP contribution is -2.47. The molecule has 6 heteroatoms. The molecule has 0 aromatic rings. The van der Waals surface area contributed by atoms with E-state index in [1.807, 2.05) is 19.6 Å². The molecule has 0 aromatic carbocycles. The molecule has 22 heavy (non-hydrogen) atoms. The van der Waals surface area contributed by atoms with Crippen molar-refractivity contribution in [2.24, 2.45) is 0 Å². The minimum absolute atomic E-state index is 0.0911. The first-order chi connectivity index (χ1) is 10.6. The predicted molar refractivity (Wildman–Crippen MR) is 86.4 cm³/mol. The lowest BCUT2D eigenvalue weighted by molar-refractivity contribution is 0.124. The Hall–Kier alpha value is -1.46. The summed E-state index contributed by atoms with van der Waals surface area (Å²) in [5, 5.41) is 0. The summed E-state index contributed by atoms with van der Waals surface area (Å²) in [6, 6.07) is 0.182. The molecule has 4 amide bonds. The average Bonchev–Trinajstić information content (AvgIpc) is 2.90. The molecule has 0 unspecified atom stereocenters. The van der Waals surface area contributed by atoms with E-state index in [2.05, 4.69) is 27.7 Å². The molecule has 0 atom stereocenters. The van der Waals surface area contributed by atoms with Gasteiger partial charge in [-0.15, -0.1) is 0 Å². The number of hydrogen-bond donors (Lipinski definition) is 0. The second-order valence-corrected chi connectivity index (χ2v) is 6.17. The lowest BCUT2D eigenvalue weighted by atomic mass is 10.3. The zero-order valence-corrected chi connectivity index (χ0v) is 14.4. The van der Waals surface area contributed by atoms with Gasteiger partial charge >= 0.3 is 12.1 Å². The van der Waals surface area contributed by atoms with E-state index in [0.717, 1.165) is 25.7 Å². The Morgan fingerprint density at radius 2 is 0.818 bits per heavy atom. The van der Waals surface area contributed by atoms with Gasteiger partial charge in [0.2, 0.25) is 0 Å². The van der Waals surface area contributed by atoms with E-state index >= 15 is 0 Å². The smallest absolute Gasteiger partial charge is 0.300 e. The quantitative estimate of drug-likeness (QED) is 0.692. The molecule has 0 bridgehead atoms. The van der Waals surface area contributed by atoms with Gasteiger partial charge in [-0.05, 0) is 25.7 Å². The van der Waals surface area contributed by atoms with Gasteiger partial charge in [0.25, 0.3) is 0 Å². The van der Waals surface area contributed by atoms with Gasteiger partial charge in [0, 0.05) is 26.2 Å². The lowest BCUT2D eigenvalue weighted by Gasteiger charge is -2.29. The number of amides is 4. The first-order valence-electron chi connectivity index (χ1n) is 8.76. The van der Waals surface area contributed by atoms with Crippen molar-refractivity contribution in [2.75, 3.05) is 26.2 Å². The molecular weight excluding hydrogens is 280 g/mol. The summed E-state index contributed by atoms with van der Waals surface area (Å²) in [5.41, 5.74) is 0. The highest BCUT2D eigenvalue weighted by Gasteiger charge is 2.57. The van der Waals surface area contributed by atoms with Crippen molar-refractivity contribution < 1.29 is 9.59 Å². The first-order valence-corrected chi connectivity index (χ1v) is 8.76. The fourth-order valence-corrected chi connectivity index (χ4v) is 3.64. The van der Waals surface area contributed by atoms with E-state index in [1.54, 1.807) is 0 Å². The zero-order valence-electron chi connectivity index (χ0n) is 14.4. The van der Waals surface area contributed by atoms with Crippen LogP contribution >= 0.6 is 0 Å². The van der Waals surface area contributed by atoms with Crippen LogP contribution in [0.15, 0.2) is 0 Å². The molecule has 2 aliphatic heterocycles. The molecular formula is C16H30N4O2. The minimum atomic E-state index is -0.113. The molecule has 0 spiro atoms. The van der Waals surface area contributed by atoms with E-state index in [4.69, 9.17) is 0 Å². The Morgan fingerprint density at radius 3 is 1.00 bits per heavy atom. The van der Waals surface area contributed by atoms with E-state index in [1.165, 1.54) is 0 Å². The summed E-state index contributed by atoms with van der Waals surface area (Å²) in [7, 11) is 0. The number of hydrogen-bond acceptors (Lipinski definition) is 2. The maximum atomic E-state index is 12.8. The molecule has 6 nitrogen and oxygen atoms in total. The summed E-state index contributed by atoms with van der Waals surface area (Å²) in [6.45, 7) is 11.2. The number of urea groups is 2. The third kappa shape index (κ3) is 2.63. The Kier molecular flexibility index (Phi) is 5.53. The second kappa shape index (κ2) is 7.20. The Labute approximate surface area is 134 Å². The Balaban J connectivity index is 2.36. The third-order valence-electron chi connectivity index (χ3n) is 4.38. The van der Waals surface area contributed by atoms with E-state index in [9.17, 15) is 9.59 Å². The fourth-order valence-electron chi connectivity index (χ4n) is 3.64. The van der Waals surface area contributed by atoms with Gasteiger partial charge in [0.15, 0.2) is 0 Å². The van der Waals surface area contributed by atoms with E-state index in [-0.39, 0.29) is 24.4 Å². The number of nitrogens with zero attached hydrogens (tertiary/aromatic N) is 4. The summed E-state index contributed by atoms with van der Waals surface area (Å²) >= 11 is 0. The van der Waals surface area contributed by atoms with Crippen molar-refractivity contribution in [1.82, 2.24) is 19.6 Å². The van der Waals surface area contributed by atoms with E-state index in [0.29, 0.717) is 26.2 Å². The summed E-state index contributed by atoms with van der Waals surface area (Å²) in [4.78, 5) is 33.2. The van der Waals surface area contributed by atoms with Gasteiger partial charge in [0.05, 0.1) is 0 Å². The second-order valence-electron chi connectivity index (χ2n) is 6.17. The maximum Gasteiger partial charge on any atom is 0.323 e. The minimum Gasteiger partial charge on any atom is -0.300 e. The molecule has 2 rings (SSSR count). The number of rotatable bonds is 8. The van der Waals surface area contributed by atoms with Gasteiger partial charge in [-0.2, -0.15) is 0 Å². The van der Waals surface area contributed by atoms with Gasteiger partial charge in [-0.3, -0.25) is 0 Å². The molecule has 2 saturated heterocycles. The van der Waals surface area contributed by atoms with Gasteiger partial charge in [0.1, 0.15) is 12.3 Å². The largest absolute Gasteiger partial charge is 0.323 e. The number of fused-ring (bicyclic) bond motifs is 1. The Morgan fingerprint density at radius 1 is 0.591 bits per heavy atom. The monoisotopic (exact) mass is 310 g/mol. The highest BCUT2D eigenvalue weighted by molar-refractivity contribution is 5.85. The molecule has 0 saturated carbocycles. The van der Waals surface area contributed by atoms with Crippen LogP contribution in [0.25, 0.3) is 0 Å². The predicted octanol–water partition coefficient (Wildman–Crippen LogP) is 2.75. The van der Waals surface area contributed by atoms with Crippen molar-refractivity contribution in [2.45, 2.75) is 65.7 Å². The topological polar surface area (TPSA) is 47.1 Å². The zero-order chi connectivity index (χ0) is 16.3. The molecule has 126 valence electrons. The molecule has 2 heterocycles. The van der Waals surface area contributed by atoms with Crippen molar-refractivity contribution in [3.63, 3.8) is 0 Å². The average molecular weight is 310 g/mol. The maximum absolute atomic E-state index is 12.8. The van der Waals surface area contributed by atoms with E-state index < -0.39 is 0 Å². The fraction of sp³-hybridized carbons (Fsp3) is 0.875. The van der Waals surface area contributed by atoms with Crippen molar-refractivity contribution in [3.8, 4) is 0 Å². The SMILES string of the molecule is CCCN1C(=O)N(CCC)C2C1N(CCC)C(=O)N2CCC. The standard InChI is InChI=1S/C16H30N4O2/c1-5-9-17-13-14(19(11-7-3)15(17)21)20(12-8-4)16(22)18(13)10-6-2/h13-14H,5-12H2,1-4H3. The molecule has 0 N–H and O–H groups in total. The van der Waals surface area contributed by atoms with Gasteiger partial charge < -0.3 is 19.6 Å². The molecule has 0 aliphatic carbocycles. The van der Waals surface area contributed by atoms with Crippen LogP contribution in [-0.4, -0.2) is 70.2 Å². The Bertz CT molecular complexity index is 345. The molecule has 0 aromatic heterocycles. The van der Waals surface area contributed by atoms with Crippen LogP contribution in [0.1, 0.15) is 53.4 Å². The first kappa shape index (κ1) is 16.9. The summed E-state index contributed by atoms with van der Waals surface area (Å²) in [6.07, 6.45) is 3.43. The molecule has 2 aliphatic rings. The van der Waals surface area contributed by atoms with Crippen LogP contribution in [0.4, 0.5) is 9.59 Å². The van der Waals surface area contributed by atoms with Crippen LogP contribution < -0.4 is 0 Å². The number of carbonyl (C=O) groups excluding carboxylic acids is 2. The summed E-state index contributed by atoms with van der Waals surface area (Å²) in [5.74, 6) is 0. The molecule has 2 fully saturated rings. The van der Waals surface area contributed by atoms with Crippen LogP contribution in [0, 0.1) is 0 Å².